The number of carbonyl (C=O) groups is 2. The maximum Gasteiger partial charge on any atom is 0.416 e. The second-order valence-corrected chi connectivity index (χ2v) is 10.6. The van der Waals surface area contributed by atoms with E-state index in [1.54, 1.807) is 18.2 Å². The molecule has 7 nitrogen and oxygen atoms in total. The molecule has 0 aromatic heterocycles. The monoisotopic (exact) mass is 597 g/mol. The van der Waals surface area contributed by atoms with Gasteiger partial charge in [-0.3, -0.25) is 9.69 Å². The number of rotatable bonds is 7. The summed E-state index contributed by atoms with van der Waals surface area (Å²) in [5.74, 6) is -1.26. The first-order valence-electron chi connectivity index (χ1n) is 13.4. The van der Waals surface area contributed by atoms with Gasteiger partial charge in [-0.1, -0.05) is 0 Å². The zero-order valence-electron chi connectivity index (χ0n) is 22.8. The minimum Gasteiger partial charge on any atom is -0.481 e. The van der Waals surface area contributed by atoms with Gasteiger partial charge in [-0.15, -0.1) is 0 Å². The number of carboxylic acids is 1. The lowest BCUT2D eigenvalue weighted by molar-refractivity contribution is -0.144. The third-order valence-corrected chi connectivity index (χ3v) is 8.02. The predicted octanol–water partition coefficient (Wildman–Crippen LogP) is 7.15. The first-order valence-corrected chi connectivity index (χ1v) is 13.4. The molecule has 1 aliphatic heterocycles. The lowest BCUT2D eigenvalue weighted by atomic mass is 9.85. The van der Waals surface area contributed by atoms with Crippen LogP contribution in [-0.4, -0.2) is 40.7 Å². The molecule has 2 aromatic carbocycles. The molecule has 1 heterocycles. The van der Waals surface area contributed by atoms with Crippen LogP contribution in [0.5, 0.6) is 0 Å². The van der Waals surface area contributed by atoms with Crippen molar-refractivity contribution in [3.05, 3.63) is 64.2 Å². The second-order valence-electron chi connectivity index (χ2n) is 10.6. The third kappa shape index (κ3) is 6.42. The number of carboxylic acid groups (broad SMARTS) is 1. The summed E-state index contributed by atoms with van der Waals surface area (Å²) in [6, 6.07) is 7.15. The number of alkyl halides is 6. The highest BCUT2D eigenvalue weighted by molar-refractivity contribution is 5.72. The first kappa shape index (κ1) is 31.0. The van der Waals surface area contributed by atoms with Gasteiger partial charge < -0.3 is 14.7 Å². The fraction of sp³-hybridized carbons (Fsp3) is 0.483. The highest BCUT2D eigenvalue weighted by Gasteiger charge is 2.43. The van der Waals surface area contributed by atoms with Crippen LogP contribution in [0, 0.1) is 17.2 Å². The summed E-state index contributed by atoms with van der Waals surface area (Å²) in [7, 11) is 0. The van der Waals surface area contributed by atoms with Crippen molar-refractivity contribution in [3.8, 4) is 6.07 Å². The van der Waals surface area contributed by atoms with Crippen molar-refractivity contribution in [2.45, 2.75) is 76.6 Å². The molecule has 1 N–H and O–H groups in total. The quantitative estimate of drug-likeness (QED) is 0.341. The summed E-state index contributed by atoms with van der Waals surface area (Å²) < 4.78 is 86.1. The summed E-state index contributed by atoms with van der Waals surface area (Å²) in [6.07, 6.45) is -10.2. The molecule has 4 rings (SSSR count). The normalized spacial score (nSPS) is 22.9. The summed E-state index contributed by atoms with van der Waals surface area (Å²) in [6.45, 7) is 3.81. The van der Waals surface area contributed by atoms with E-state index in [9.17, 15) is 46.3 Å². The summed E-state index contributed by atoms with van der Waals surface area (Å²) >= 11 is 0. The minimum atomic E-state index is -5.05. The SMILES string of the molecule is CCN(c1ccc(C#N)cc1CN1C(=O)OC(c2cc(C(F)(F)F)cc(C(F)(F)F)c2)C1C)C1CCC(C(=O)O)CC1. The number of ether oxygens (including phenoxy) is 1. The van der Waals surface area contributed by atoms with Gasteiger partial charge in [-0.25, -0.2) is 4.79 Å². The van der Waals surface area contributed by atoms with Gasteiger partial charge in [0.25, 0.3) is 0 Å². The molecule has 0 bridgehead atoms. The van der Waals surface area contributed by atoms with E-state index >= 15 is 0 Å². The smallest absolute Gasteiger partial charge is 0.416 e. The number of aliphatic carboxylic acids is 1. The minimum absolute atomic E-state index is 0.00103. The van der Waals surface area contributed by atoms with Gasteiger partial charge in [0.1, 0.15) is 6.10 Å². The van der Waals surface area contributed by atoms with Crippen LogP contribution in [0.4, 0.5) is 36.8 Å². The van der Waals surface area contributed by atoms with Crippen molar-refractivity contribution < 1.29 is 45.8 Å². The van der Waals surface area contributed by atoms with Gasteiger partial charge >= 0.3 is 24.4 Å². The van der Waals surface area contributed by atoms with E-state index in [1.165, 1.54) is 11.8 Å². The van der Waals surface area contributed by atoms with Gasteiger partial charge in [-0.2, -0.15) is 31.6 Å². The third-order valence-electron chi connectivity index (χ3n) is 8.02. The molecule has 226 valence electrons. The molecule has 2 fully saturated rings. The largest absolute Gasteiger partial charge is 0.481 e. The van der Waals surface area contributed by atoms with Crippen LogP contribution in [0.2, 0.25) is 0 Å². The van der Waals surface area contributed by atoms with Crippen LogP contribution in [0.25, 0.3) is 0 Å². The van der Waals surface area contributed by atoms with Crippen LogP contribution in [0.3, 0.4) is 0 Å². The van der Waals surface area contributed by atoms with Gasteiger partial charge in [-0.05, 0) is 87.1 Å². The van der Waals surface area contributed by atoms with Crippen molar-refractivity contribution in [1.29, 1.82) is 5.26 Å². The Morgan fingerprint density at radius 3 is 2.14 bits per heavy atom. The molecular weight excluding hydrogens is 568 g/mol. The van der Waals surface area contributed by atoms with Crippen molar-refractivity contribution >= 4 is 17.7 Å². The van der Waals surface area contributed by atoms with Crippen LogP contribution >= 0.6 is 0 Å². The highest BCUT2D eigenvalue weighted by Crippen LogP contribution is 2.42. The van der Waals surface area contributed by atoms with Crippen LogP contribution in [0.15, 0.2) is 36.4 Å². The Bertz CT molecular complexity index is 1350. The van der Waals surface area contributed by atoms with E-state index in [4.69, 9.17) is 4.74 Å². The number of nitriles is 1. The number of halogens is 6. The lowest BCUT2D eigenvalue weighted by Crippen LogP contribution is -2.40. The van der Waals surface area contributed by atoms with Crippen LogP contribution in [0.1, 0.15) is 73.5 Å². The van der Waals surface area contributed by atoms with Gasteiger partial charge in [0.15, 0.2) is 0 Å². The number of hydrogen-bond donors (Lipinski definition) is 1. The zero-order chi connectivity index (χ0) is 31.0. The summed E-state index contributed by atoms with van der Waals surface area (Å²) in [4.78, 5) is 27.7. The molecule has 2 aromatic rings. The Kier molecular flexibility index (Phi) is 8.66. The number of cyclic esters (lactones) is 1. The van der Waals surface area contributed by atoms with E-state index in [-0.39, 0.29) is 18.7 Å². The molecule has 1 aliphatic carbocycles. The van der Waals surface area contributed by atoms with Crippen LogP contribution in [-0.2, 0) is 28.4 Å². The zero-order valence-corrected chi connectivity index (χ0v) is 22.8. The van der Waals surface area contributed by atoms with Crippen molar-refractivity contribution in [2.75, 3.05) is 11.4 Å². The van der Waals surface area contributed by atoms with E-state index < -0.39 is 59.2 Å². The number of amides is 1. The molecule has 1 amide bonds. The molecule has 2 unspecified atom stereocenters. The van der Waals surface area contributed by atoms with E-state index in [0.717, 1.165) is 0 Å². The van der Waals surface area contributed by atoms with Crippen molar-refractivity contribution in [2.24, 2.45) is 5.92 Å². The summed E-state index contributed by atoms with van der Waals surface area (Å²) in [5, 5.41) is 18.9. The number of carbonyl (C=O) groups excluding carboxylic acids is 1. The maximum absolute atomic E-state index is 13.5. The number of benzene rings is 2. The van der Waals surface area contributed by atoms with Crippen molar-refractivity contribution in [3.63, 3.8) is 0 Å². The average molecular weight is 598 g/mol. The Morgan fingerprint density at radius 2 is 1.64 bits per heavy atom. The standard InChI is InChI=1S/C29H29F6N3O4/c1-3-37(23-7-5-18(6-8-23)26(39)40)24-9-4-17(14-36)10-20(24)15-38-16(2)25(42-27(38)41)19-11-21(28(30,31)32)13-22(12-19)29(33,34)35/h4,9-13,16,18,23,25H,3,5-8,15H2,1-2H3,(H,39,40). The van der Waals surface area contributed by atoms with E-state index in [1.807, 2.05) is 13.0 Å². The number of hydrogen-bond acceptors (Lipinski definition) is 5. The fourth-order valence-electron chi connectivity index (χ4n) is 5.81. The highest BCUT2D eigenvalue weighted by atomic mass is 19.4. The molecule has 2 atom stereocenters. The number of anilines is 1. The van der Waals surface area contributed by atoms with E-state index in [2.05, 4.69) is 4.90 Å². The van der Waals surface area contributed by atoms with E-state index in [0.29, 0.717) is 61.2 Å². The Hall–Kier alpha value is -3.95. The Balaban J connectivity index is 1.65. The Labute approximate surface area is 238 Å². The van der Waals surface area contributed by atoms with Gasteiger partial charge in [0, 0.05) is 18.3 Å². The molecule has 1 saturated heterocycles. The molecular formula is C29H29F6N3O4. The second kappa shape index (κ2) is 11.7. The first-order chi connectivity index (χ1) is 19.6. The molecule has 0 spiro atoms. The predicted molar refractivity (Wildman–Crippen MR) is 138 cm³/mol. The molecule has 1 saturated carbocycles. The van der Waals surface area contributed by atoms with Gasteiger partial charge in [0.05, 0.1) is 41.3 Å². The Morgan fingerprint density at radius 1 is 1.05 bits per heavy atom. The topological polar surface area (TPSA) is 93.9 Å². The molecule has 42 heavy (non-hydrogen) atoms. The van der Waals surface area contributed by atoms with Gasteiger partial charge in [0.2, 0.25) is 0 Å². The number of nitrogens with zero attached hydrogens (tertiary/aromatic N) is 3. The average Bonchev–Trinajstić information content (AvgIpc) is 3.21. The summed E-state index contributed by atoms with van der Waals surface area (Å²) in [5.41, 5.74) is -1.91. The fourth-order valence-corrected chi connectivity index (χ4v) is 5.81. The molecule has 13 heteroatoms. The van der Waals surface area contributed by atoms with Crippen LogP contribution < -0.4 is 4.90 Å². The molecule has 0 radical (unpaired) electrons. The lowest BCUT2D eigenvalue weighted by Gasteiger charge is -2.38. The maximum atomic E-state index is 13.5. The molecule has 2 aliphatic rings. The van der Waals surface area contributed by atoms with Crippen molar-refractivity contribution in [1.82, 2.24) is 4.90 Å².